The molecule has 0 aliphatic carbocycles. The van der Waals surface area contributed by atoms with Crippen LogP contribution in [0.3, 0.4) is 0 Å². The van der Waals surface area contributed by atoms with Gasteiger partial charge in [-0.2, -0.15) is 0 Å². The van der Waals surface area contributed by atoms with Gasteiger partial charge in [-0.25, -0.2) is 0 Å². The lowest BCUT2D eigenvalue weighted by atomic mass is 10.0. The van der Waals surface area contributed by atoms with Crippen molar-refractivity contribution in [3.05, 3.63) is 28.3 Å². The largest absolute Gasteiger partial charge is 0.340 e. The van der Waals surface area contributed by atoms with Crippen molar-refractivity contribution in [2.45, 2.75) is 32.2 Å². The maximum atomic E-state index is 12.5. The number of nitrogens with one attached hydrogen (secondary N) is 2. The first-order valence-corrected chi connectivity index (χ1v) is 7.33. The van der Waals surface area contributed by atoms with Crippen LogP contribution in [0.4, 0.5) is 5.69 Å². The number of aliphatic imine (C=N–C) groups is 1. The fourth-order valence-electron chi connectivity index (χ4n) is 2.67. The maximum Gasteiger partial charge on any atom is 0.254 e. The Balaban J connectivity index is 1.84. The van der Waals surface area contributed by atoms with E-state index in [4.69, 9.17) is 11.6 Å². The Kier molecular flexibility index (Phi) is 3.70. The smallest absolute Gasteiger partial charge is 0.254 e. The Labute approximate surface area is 131 Å². The van der Waals surface area contributed by atoms with Crippen LogP contribution in [-0.2, 0) is 16.0 Å². The monoisotopic (exact) mass is 319 g/mol. The van der Waals surface area contributed by atoms with E-state index in [0.717, 1.165) is 11.3 Å². The quantitative estimate of drug-likeness (QED) is 0.810. The van der Waals surface area contributed by atoms with Gasteiger partial charge >= 0.3 is 0 Å². The minimum absolute atomic E-state index is 0.210. The van der Waals surface area contributed by atoms with E-state index in [2.05, 4.69) is 15.6 Å². The molecular formula is C15H14ClN3O3. The Hall–Kier alpha value is -2.21. The van der Waals surface area contributed by atoms with Crippen LogP contribution in [0.5, 0.6) is 0 Å². The maximum absolute atomic E-state index is 12.5. The minimum Gasteiger partial charge on any atom is -0.340 e. The molecule has 0 radical (unpaired) electrons. The molecule has 1 fully saturated rings. The number of fused-ring (bicyclic) bond motifs is 1. The number of hydrogen-bond acceptors (Lipinski definition) is 4. The van der Waals surface area contributed by atoms with Crippen molar-refractivity contribution in [1.82, 2.24) is 10.6 Å². The van der Waals surface area contributed by atoms with Crippen LogP contribution in [-0.4, -0.2) is 29.5 Å². The van der Waals surface area contributed by atoms with E-state index >= 15 is 0 Å². The highest BCUT2D eigenvalue weighted by Gasteiger charge is 2.29. The summed E-state index contributed by atoms with van der Waals surface area (Å²) in [5.41, 5.74) is 2.77. The van der Waals surface area contributed by atoms with Crippen molar-refractivity contribution < 1.29 is 14.4 Å². The van der Waals surface area contributed by atoms with Crippen LogP contribution in [0, 0.1) is 0 Å². The Bertz CT molecular complexity index is 727. The predicted molar refractivity (Wildman–Crippen MR) is 81.6 cm³/mol. The first-order valence-electron chi connectivity index (χ1n) is 6.95. The van der Waals surface area contributed by atoms with Gasteiger partial charge in [0.1, 0.15) is 6.04 Å². The molecule has 0 aromatic heterocycles. The first-order chi connectivity index (χ1) is 10.4. The van der Waals surface area contributed by atoms with Gasteiger partial charge < -0.3 is 5.32 Å². The molecule has 7 heteroatoms. The molecule has 1 aromatic carbocycles. The number of piperidine rings is 1. The van der Waals surface area contributed by atoms with E-state index in [0.29, 0.717) is 29.1 Å². The number of benzene rings is 1. The zero-order chi connectivity index (χ0) is 15.9. The number of halogens is 1. The van der Waals surface area contributed by atoms with Crippen molar-refractivity contribution in [2.75, 3.05) is 0 Å². The minimum atomic E-state index is -0.716. The summed E-state index contributed by atoms with van der Waals surface area (Å²) in [7, 11) is 0. The highest BCUT2D eigenvalue weighted by Crippen LogP contribution is 2.33. The fourth-order valence-corrected chi connectivity index (χ4v) is 2.91. The average Bonchev–Trinajstić information content (AvgIpc) is 2.80. The second-order valence-corrected chi connectivity index (χ2v) is 5.90. The molecule has 0 spiro atoms. The topological polar surface area (TPSA) is 87.6 Å². The van der Waals surface area contributed by atoms with E-state index in [9.17, 15) is 14.4 Å². The summed E-state index contributed by atoms with van der Waals surface area (Å²) >= 11 is 6.06. The Morgan fingerprint density at radius 1 is 1.41 bits per heavy atom. The molecule has 2 aliphatic rings. The van der Waals surface area contributed by atoms with E-state index in [1.807, 2.05) is 6.92 Å². The molecule has 22 heavy (non-hydrogen) atoms. The summed E-state index contributed by atoms with van der Waals surface area (Å²) in [6.45, 7) is 1.88. The molecule has 1 saturated heterocycles. The molecule has 2 aliphatic heterocycles. The van der Waals surface area contributed by atoms with Gasteiger partial charge in [-0.3, -0.25) is 24.7 Å². The van der Waals surface area contributed by atoms with Gasteiger partial charge in [-0.05, 0) is 31.0 Å². The second-order valence-electron chi connectivity index (χ2n) is 5.46. The van der Waals surface area contributed by atoms with Crippen molar-refractivity contribution in [1.29, 1.82) is 0 Å². The number of carbonyl (C=O) groups excluding carboxylic acids is 3. The number of hydrogen-bond donors (Lipinski definition) is 2. The highest BCUT2D eigenvalue weighted by atomic mass is 35.5. The summed E-state index contributed by atoms with van der Waals surface area (Å²) in [5.74, 6) is -1.21. The third-order valence-electron chi connectivity index (χ3n) is 3.69. The molecule has 1 unspecified atom stereocenters. The molecular weight excluding hydrogens is 306 g/mol. The number of imide groups is 1. The van der Waals surface area contributed by atoms with E-state index in [1.165, 1.54) is 0 Å². The molecule has 3 amide bonds. The zero-order valence-electron chi connectivity index (χ0n) is 11.9. The van der Waals surface area contributed by atoms with Crippen molar-refractivity contribution in [2.24, 2.45) is 4.99 Å². The van der Waals surface area contributed by atoms with Crippen LogP contribution in [0.2, 0.25) is 5.02 Å². The van der Waals surface area contributed by atoms with Gasteiger partial charge in [0, 0.05) is 23.6 Å². The molecule has 0 bridgehead atoms. The number of nitrogens with zero attached hydrogens (tertiary/aromatic N) is 1. The third kappa shape index (κ3) is 2.74. The third-order valence-corrected chi connectivity index (χ3v) is 3.91. The lowest BCUT2D eigenvalue weighted by Gasteiger charge is -2.22. The molecule has 3 rings (SSSR count). The first kappa shape index (κ1) is 14.7. The van der Waals surface area contributed by atoms with Crippen LogP contribution in [0.1, 0.15) is 35.7 Å². The van der Waals surface area contributed by atoms with Crippen LogP contribution >= 0.6 is 11.6 Å². The van der Waals surface area contributed by atoms with E-state index in [1.54, 1.807) is 12.1 Å². The molecule has 1 aromatic rings. The standard InChI is InChI=1S/C15H14ClN3O3/c1-7-4-8-5-9(16)6-10(13(8)17-7)14(21)18-11-2-3-12(20)19-15(11)22/h5-6,11H,2-4H2,1H3,(H,18,21)(H,19,20,22). The Morgan fingerprint density at radius 2 is 2.18 bits per heavy atom. The average molecular weight is 320 g/mol. The number of carbonyl (C=O) groups is 3. The van der Waals surface area contributed by atoms with Crippen LogP contribution in [0.15, 0.2) is 17.1 Å². The predicted octanol–water partition coefficient (Wildman–Crippen LogP) is 1.52. The lowest BCUT2D eigenvalue weighted by Crippen LogP contribution is -2.52. The summed E-state index contributed by atoms with van der Waals surface area (Å²) in [4.78, 5) is 39.7. The van der Waals surface area contributed by atoms with Gasteiger partial charge in [-0.15, -0.1) is 0 Å². The second kappa shape index (κ2) is 5.53. The lowest BCUT2D eigenvalue weighted by molar-refractivity contribution is -0.134. The van der Waals surface area contributed by atoms with E-state index in [-0.39, 0.29) is 12.3 Å². The van der Waals surface area contributed by atoms with Crippen molar-refractivity contribution >= 4 is 40.7 Å². The van der Waals surface area contributed by atoms with Crippen molar-refractivity contribution in [3.8, 4) is 0 Å². The number of rotatable bonds is 2. The Morgan fingerprint density at radius 3 is 2.91 bits per heavy atom. The number of amides is 3. The fraction of sp³-hybridized carbons (Fsp3) is 0.333. The molecule has 6 nitrogen and oxygen atoms in total. The zero-order valence-corrected chi connectivity index (χ0v) is 12.7. The van der Waals surface area contributed by atoms with Crippen molar-refractivity contribution in [3.63, 3.8) is 0 Å². The molecule has 1 atom stereocenters. The normalized spacial score (nSPS) is 20.3. The molecule has 114 valence electrons. The molecule has 2 N–H and O–H groups in total. The summed E-state index contributed by atoms with van der Waals surface area (Å²) in [5, 5.41) is 5.31. The summed E-state index contributed by atoms with van der Waals surface area (Å²) in [6.07, 6.45) is 1.16. The highest BCUT2D eigenvalue weighted by molar-refractivity contribution is 6.31. The van der Waals surface area contributed by atoms with Crippen LogP contribution in [0.25, 0.3) is 0 Å². The van der Waals surface area contributed by atoms with Gasteiger partial charge in [0.25, 0.3) is 5.91 Å². The van der Waals surface area contributed by atoms with Gasteiger partial charge in [0.05, 0.1) is 11.3 Å². The van der Waals surface area contributed by atoms with E-state index < -0.39 is 17.9 Å². The van der Waals surface area contributed by atoms with Gasteiger partial charge in [-0.1, -0.05) is 11.6 Å². The SMILES string of the molecule is CC1=Nc2c(cc(Cl)cc2C(=O)NC2CCC(=O)NC2=O)C1. The van der Waals surface area contributed by atoms with Gasteiger partial charge in [0.2, 0.25) is 11.8 Å². The summed E-state index contributed by atoms with van der Waals surface area (Å²) in [6, 6.07) is 2.62. The summed E-state index contributed by atoms with van der Waals surface area (Å²) < 4.78 is 0. The van der Waals surface area contributed by atoms with Gasteiger partial charge in [0.15, 0.2) is 0 Å². The van der Waals surface area contributed by atoms with Crippen LogP contribution < -0.4 is 10.6 Å². The molecule has 2 heterocycles. The molecule has 0 saturated carbocycles.